The lowest BCUT2D eigenvalue weighted by atomic mass is 10.1. The van der Waals surface area contributed by atoms with Gasteiger partial charge in [0, 0.05) is 18.2 Å². The number of hydrogen-bond donors (Lipinski definition) is 1. The molecule has 1 atom stereocenters. The fraction of sp³-hybridized carbons (Fsp3) is 0.600. The lowest BCUT2D eigenvalue weighted by molar-refractivity contribution is -0.135. The Bertz CT molecular complexity index is 357. The summed E-state index contributed by atoms with van der Waals surface area (Å²) in [4.78, 5) is 0. The van der Waals surface area contributed by atoms with Crippen LogP contribution in [-0.2, 0) is 6.42 Å². The summed E-state index contributed by atoms with van der Waals surface area (Å²) in [7, 11) is 0. The summed E-state index contributed by atoms with van der Waals surface area (Å²) in [5.41, 5.74) is 2.26. The van der Waals surface area contributed by atoms with E-state index in [1.54, 1.807) is 0 Å². The molecule has 1 N–H and O–H groups in total. The Morgan fingerprint density at radius 1 is 1.16 bits per heavy atom. The molecular formula is C15H22F3N. The van der Waals surface area contributed by atoms with Crippen molar-refractivity contribution in [2.24, 2.45) is 0 Å². The van der Waals surface area contributed by atoms with E-state index in [0.29, 0.717) is 6.42 Å². The first-order chi connectivity index (χ1) is 8.90. The molecule has 108 valence electrons. The SMILES string of the molecule is CCCc1ccc(NC(C)CCCC(F)(F)F)cc1. The molecule has 0 fully saturated rings. The first kappa shape index (κ1) is 15.9. The van der Waals surface area contributed by atoms with Crippen LogP contribution < -0.4 is 5.32 Å². The summed E-state index contributed by atoms with van der Waals surface area (Å²) in [6.07, 6.45) is -1.88. The zero-order chi connectivity index (χ0) is 14.3. The fourth-order valence-electron chi connectivity index (χ4n) is 2.02. The number of alkyl halides is 3. The van der Waals surface area contributed by atoms with Gasteiger partial charge in [-0.2, -0.15) is 13.2 Å². The van der Waals surface area contributed by atoms with E-state index in [1.807, 2.05) is 19.1 Å². The van der Waals surface area contributed by atoms with E-state index in [0.717, 1.165) is 18.5 Å². The predicted molar refractivity (Wildman–Crippen MR) is 73.4 cm³/mol. The van der Waals surface area contributed by atoms with Gasteiger partial charge < -0.3 is 5.32 Å². The van der Waals surface area contributed by atoms with Gasteiger partial charge in [0.15, 0.2) is 0 Å². The Balaban J connectivity index is 2.33. The van der Waals surface area contributed by atoms with E-state index in [1.165, 1.54) is 5.56 Å². The van der Waals surface area contributed by atoms with E-state index in [-0.39, 0.29) is 12.5 Å². The Morgan fingerprint density at radius 2 is 1.79 bits per heavy atom. The highest BCUT2D eigenvalue weighted by atomic mass is 19.4. The molecule has 1 rings (SSSR count). The number of halogens is 3. The third-order valence-corrected chi connectivity index (χ3v) is 3.00. The molecule has 0 amide bonds. The van der Waals surface area contributed by atoms with Crippen molar-refractivity contribution in [2.45, 2.75) is 58.2 Å². The molecular weight excluding hydrogens is 251 g/mol. The van der Waals surface area contributed by atoms with Crippen molar-refractivity contribution >= 4 is 5.69 Å². The lowest BCUT2D eigenvalue weighted by Crippen LogP contribution is -2.16. The van der Waals surface area contributed by atoms with Crippen LogP contribution in [0.2, 0.25) is 0 Å². The summed E-state index contributed by atoms with van der Waals surface area (Å²) < 4.78 is 36.1. The molecule has 0 radical (unpaired) electrons. The Kier molecular flexibility index (Phi) is 6.19. The van der Waals surface area contributed by atoms with Gasteiger partial charge in [0.05, 0.1) is 0 Å². The van der Waals surface area contributed by atoms with Crippen LogP contribution in [0.5, 0.6) is 0 Å². The van der Waals surface area contributed by atoms with Crippen LogP contribution in [-0.4, -0.2) is 12.2 Å². The average Bonchev–Trinajstić information content (AvgIpc) is 2.30. The van der Waals surface area contributed by atoms with E-state index in [9.17, 15) is 13.2 Å². The van der Waals surface area contributed by atoms with E-state index in [4.69, 9.17) is 0 Å². The van der Waals surface area contributed by atoms with Gasteiger partial charge in [-0.15, -0.1) is 0 Å². The average molecular weight is 273 g/mol. The molecule has 1 aromatic rings. The summed E-state index contributed by atoms with van der Waals surface area (Å²) in [6.45, 7) is 4.05. The maximum Gasteiger partial charge on any atom is 0.389 e. The number of anilines is 1. The van der Waals surface area contributed by atoms with Gasteiger partial charge in [0.25, 0.3) is 0 Å². The number of benzene rings is 1. The van der Waals surface area contributed by atoms with Gasteiger partial charge in [0.2, 0.25) is 0 Å². The molecule has 1 unspecified atom stereocenters. The van der Waals surface area contributed by atoms with Crippen LogP contribution in [0, 0.1) is 0 Å². The summed E-state index contributed by atoms with van der Waals surface area (Å²) in [6, 6.07) is 8.17. The van der Waals surface area contributed by atoms with E-state index < -0.39 is 12.6 Å². The molecule has 0 aliphatic heterocycles. The molecule has 19 heavy (non-hydrogen) atoms. The zero-order valence-corrected chi connectivity index (χ0v) is 11.6. The number of nitrogens with one attached hydrogen (secondary N) is 1. The summed E-state index contributed by atoms with van der Waals surface area (Å²) in [5.74, 6) is 0. The predicted octanol–water partition coefficient (Wildman–Crippen LogP) is 5.17. The van der Waals surface area contributed by atoms with Gasteiger partial charge in [-0.3, -0.25) is 0 Å². The molecule has 0 bridgehead atoms. The Labute approximate surface area is 113 Å². The van der Waals surface area contributed by atoms with Gasteiger partial charge in [-0.25, -0.2) is 0 Å². The van der Waals surface area contributed by atoms with Crippen molar-refractivity contribution in [3.8, 4) is 0 Å². The molecule has 0 saturated carbocycles. The third-order valence-electron chi connectivity index (χ3n) is 3.00. The largest absolute Gasteiger partial charge is 0.389 e. The highest BCUT2D eigenvalue weighted by Crippen LogP contribution is 2.23. The van der Waals surface area contributed by atoms with Gasteiger partial charge in [-0.05, 0) is 43.9 Å². The maximum absolute atomic E-state index is 12.0. The molecule has 0 aliphatic rings. The standard InChI is InChI=1S/C15H22F3N/c1-3-5-13-7-9-14(10-8-13)19-12(2)6-4-11-15(16,17)18/h7-10,12,19H,3-6,11H2,1-2H3. The molecule has 1 aromatic carbocycles. The van der Waals surface area contributed by atoms with Crippen molar-refractivity contribution in [1.29, 1.82) is 0 Å². The van der Waals surface area contributed by atoms with Gasteiger partial charge in [0.1, 0.15) is 0 Å². The Morgan fingerprint density at radius 3 is 2.32 bits per heavy atom. The molecule has 0 spiro atoms. The van der Waals surface area contributed by atoms with E-state index in [2.05, 4.69) is 24.4 Å². The first-order valence-electron chi connectivity index (χ1n) is 6.83. The molecule has 1 nitrogen and oxygen atoms in total. The minimum Gasteiger partial charge on any atom is -0.383 e. The highest BCUT2D eigenvalue weighted by Gasteiger charge is 2.26. The zero-order valence-electron chi connectivity index (χ0n) is 11.6. The minimum atomic E-state index is -4.04. The smallest absolute Gasteiger partial charge is 0.383 e. The lowest BCUT2D eigenvalue weighted by Gasteiger charge is -2.16. The second-order valence-corrected chi connectivity index (χ2v) is 5.00. The Hall–Kier alpha value is -1.19. The van der Waals surface area contributed by atoms with Gasteiger partial charge >= 0.3 is 6.18 Å². The fourth-order valence-corrected chi connectivity index (χ4v) is 2.02. The van der Waals surface area contributed by atoms with Gasteiger partial charge in [-0.1, -0.05) is 25.5 Å². The van der Waals surface area contributed by atoms with Crippen molar-refractivity contribution in [3.05, 3.63) is 29.8 Å². The van der Waals surface area contributed by atoms with Crippen molar-refractivity contribution in [1.82, 2.24) is 0 Å². The minimum absolute atomic E-state index is 0.0550. The maximum atomic E-state index is 12.0. The number of rotatable bonds is 7. The molecule has 0 aromatic heterocycles. The first-order valence-corrected chi connectivity index (χ1v) is 6.83. The molecule has 0 saturated heterocycles. The molecule has 4 heteroatoms. The topological polar surface area (TPSA) is 12.0 Å². The second kappa shape index (κ2) is 7.41. The molecule has 0 aliphatic carbocycles. The number of hydrogen-bond acceptors (Lipinski definition) is 1. The van der Waals surface area contributed by atoms with Crippen LogP contribution in [0.15, 0.2) is 24.3 Å². The van der Waals surface area contributed by atoms with Crippen LogP contribution in [0.1, 0.15) is 45.1 Å². The monoisotopic (exact) mass is 273 g/mol. The van der Waals surface area contributed by atoms with Crippen molar-refractivity contribution in [3.63, 3.8) is 0 Å². The third kappa shape index (κ3) is 7.09. The van der Waals surface area contributed by atoms with Crippen molar-refractivity contribution in [2.75, 3.05) is 5.32 Å². The van der Waals surface area contributed by atoms with E-state index >= 15 is 0 Å². The second-order valence-electron chi connectivity index (χ2n) is 5.00. The van der Waals surface area contributed by atoms with Crippen LogP contribution in [0.4, 0.5) is 18.9 Å². The quantitative estimate of drug-likeness (QED) is 0.722. The van der Waals surface area contributed by atoms with Crippen LogP contribution in [0.25, 0.3) is 0 Å². The highest BCUT2D eigenvalue weighted by molar-refractivity contribution is 5.45. The normalized spacial score (nSPS) is 13.3. The summed E-state index contributed by atoms with van der Waals surface area (Å²) in [5, 5.41) is 3.23. The van der Waals surface area contributed by atoms with Crippen LogP contribution >= 0.6 is 0 Å². The van der Waals surface area contributed by atoms with Crippen molar-refractivity contribution < 1.29 is 13.2 Å². The molecule has 0 heterocycles. The number of aryl methyl sites for hydroxylation is 1. The van der Waals surface area contributed by atoms with Crippen LogP contribution in [0.3, 0.4) is 0 Å². The summed E-state index contributed by atoms with van der Waals surface area (Å²) >= 11 is 0.